The van der Waals surface area contributed by atoms with Crippen molar-refractivity contribution in [2.45, 2.75) is 46.1 Å². The van der Waals surface area contributed by atoms with Crippen molar-refractivity contribution in [3.05, 3.63) is 52.0 Å². The summed E-state index contributed by atoms with van der Waals surface area (Å²) in [5.41, 5.74) is 1.77. The number of para-hydroxylation sites is 1. The quantitative estimate of drug-likeness (QED) is 0.585. The lowest BCUT2D eigenvalue weighted by Crippen LogP contribution is -2.46. The van der Waals surface area contributed by atoms with Gasteiger partial charge >= 0.3 is 0 Å². The van der Waals surface area contributed by atoms with E-state index in [1.807, 2.05) is 52.4 Å². The highest BCUT2D eigenvalue weighted by atomic mass is 32.1. The van der Waals surface area contributed by atoms with Crippen LogP contribution in [0, 0.1) is 18.8 Å². The first-order chi connectivity index (χ1) is 16.0. The van der Waals surface area contributed by atoms with E-state index in [9.17, 15) is 9.59 Å². The molecule has 2 aromatic rings. The Balaban J connectivity index is 1.29. The van der Waals surface area contributed by atoms with Crippen molar-refractivity contribution < 1.29 is 14.3 Å². The second kappa shape index (κ2) is 11.0. The number of piperidine rings is 2. The van der Waals surface area contributed by atoms with Crippen LogP contribution < -0.4 is 4.74 Å². The van der Waals surface area contributed by atoms with Crippen LogP contribution in [0.2, 0.25) is 0 Å². The number of nitrogens with zero attached hydrogens (tertiary/aromatic N) is 3. The first kappa shape index (κ1) is 23.5. The second-order valence-electron chi connectivity index (χ2n) is 9.15. The largest absolute Gasteiger partial charge is 0.487 e. The van der Waals surface area contributed by atoms with Gasteiger partial charge in [0, 0.05) is 49.1 Å². The molecule has 0 bridgehead atoms. The first-order valence-corrected chi connectivity index (χ1v) is 12.8. The summed E-state index contributed by atoms with van der Waals surface area (Å²) in [5.74, 6) is 1.63. The summed E-state index contributed by atoms with van der Waals surface area (Å²) in [6.07, 6.45) is 7.23. The third-order valence-corrected chi connectivity index (χ3v) is 7.31. The zero-order valence-electron chi connectivity index (χ0n) is 19.5. The van der Waals surface area contributed by atoms with Crippen LogP contribution in [0.15, 0.2) is 35.7 Å². The van der Waals surface area contributed by atoms with Crippen molar-refractivity contribution in [2.24, 2.45) is 11.8 Å². The Kier molecular flexibility index (Phi) is 7.81. The summed E-state index contributed by atoms with van der Waals surface area (Å²) < 4.78 is 5.95. The highest BCUT2D eigenvalue weighted by Crippen LogP contribution is 2.25. The van der Waals surface area contributed by atoms with Crippen molar-refractivity contribution in [3.8, 4) is 5.75 Å². The van der Waals surface area contributed by atoms with Gasteiger partial charge < -0.3 is 14.5 Å². The summed E-state index contributed by atoms with van der Waals surface area (Å²) in [6.45, 7) is 7.62. The molecule has 2 saturated heterocycles. The molecule has 1 atom stereocenters. The van der Waals surface area contributed by atoms with E-state index in [0.717, 1.165) is 54.4 Å². The third kappa shape index (κ3) is 6.22. The normalized spacial score (nSPS) is 19.8. The van der Waals surface area contributed by atoms with Gasteiger partial charge in [-0.15, -0.1) is 11.3 Å². The van der Waals surface area contributed by atoms with Crippen LogP contribution in [0.25, 0.3) is 6.08 Å². The smallest absolute Gasteiger partial charge is 0.246 e. The number of rotatable bonds is 6. The Morgan fingerprint density at radius 2 is 1.94 bits per heavy atom. The average Bonchev–Trinajstić information content (AvgIpc) is 3.26. The molecule has 7 heteroatoms. The Labute approximate surface area is 200 Å². The fraction of sp³-hybridized carbons (Fsp3) is 0.500. The molecule has 0 N–H and O–H groups in total. The molecule has 4 rings (SSSR count). The van der Waals surface area contributed by atoms with Crippen LogP contribution in [-0.2, 0) is 16.2 Å². The topological polar surface area (TPSA) is 62.7 Å². The Hall–Kier alpha value is -2.67. The Bertz CT molecular complexity index is 994. The predicted molar refractivity (Wildman–Crippen MR) is 131 cm³/mol. The van der Waals surface area contributed by atoms with E-state index >= 15 is 0 Å². The molecule has 2 fully saturated rings. The molecule has 0 spiro atoms. The number of aromatic nitrogens is 1. The number of carbonyl (C=O) groups is 2. The van der Waals surface area contributed by atoms with Gasteiger partial charge in [0.2, 0.25) is 11.8 Å². The number of carbonyl (C=O) groups excluding carboxylic acids is 2. The molecule has 6 nitrogen and oxygen atoms in total. The minimum Gasteiger partial charge on any atom is -0.487 e. The molecule has 0 aliphatic carbocycles. The van der Waals surface area contributed by atoms with Gasteiger partial charge in [-0.3, -0.25) is 9.59 Å². The van der Waals surface area contributed by atoms with Crippen molar-refractivity contribution in [2.75, 3.05) is 26.2 Å². The van der Waals surface area contributed by atoms with Crippen LogP contribution in [-0.4, -0.2) is 52.8 Å². The van der Waals surface area contributed by atoms with E-state index in [2.05, 4.69) is 11.9 Å². The van der Waals surface area contributed by atoms with Crippen LogP contribution in [0.4, 0.5) is 0 Å². The number of hydrogen-bond acceptors (Lipinski definition) is 5. The second-order valence-corrected chi connectivity index (χ2v) is 10.2. The molecule has 2 amide bonds. The summed E-state index contributed by atoms with van der Waals surface area (Å²) in [5, 5.41) is 3.01. The highest BCUT2D eigenvalue weighted by molar-refractivity contribution is 7.09. The number of benzene rings is 1. The van der Waals surface area contributed by atoms with E-state index in [1.165, 1.54) is 6.42 Å². The van der Waals surface area contributed by atoms with Crippen LogP contribution >= 0.6 is 11.3 Å². The van der Waals surface area contributed by atoms with Gasteiger partial charge in [-0.25, -0.2) is 4.98 Å². The zero-order valence-corrected chi connectivity index (χ0v) is 20.4. The maximum atomic E-state index is 12.9. The lowest BCUT2D eigenvalue weighted by atomic mass is 9.92. The molecule has 2 aliphatic heterocycles. The Morgan fingerprint density at radius 1 is 1.15 bits per heavy atom. The Morgan fingerprint density at radius 3 is 2.67 bits per heavy atom. The maximum Gasteiger partial charge on any atom is 0.246 e. The fourth-order valence-corrected chi connectivity index (χ4v) is 5.23. The van der Waals surface area contributed by atoms with Gasteiger partial charge in [-0.2, -0.15) is 0 Å². The summed E-state index contributed by atoms with van der Waals surface area (Å²) in [6, 6.07) is 7.70. The van der Waals surface area contributed by atoms with Crippen molar-refractivity contribution in [3.63, 3.8) is 0 Å². The molecule has 2 aliphatic rings. The predicted octanol–water partition coefficient (Wildman–Crippen LogP) is 4.54. The van der Waals surface area contributed by atoms with Gasteiger partial charge in [0.05, 0.1) is 10.7 Å². The van der Waals surface area contributed by atoms with Crippen LogP contribution in [0.1, 0.15) is 48.9 Å². The monoisotopic (exact) mass is 467 g/mol. The lowest BCUT2D eigenvalue weighted by molar-refractivity contribution is -0.140. The molecule has 1 unspecified atom stereocenters. The number of aryl methyl sites for hydroxylation is 1. The standard InChI is InChI=1S/C26H33N3O3S/c1-19-6-5-13-29(16-19)26(31)22-11-14-28(15-12-22)25(30)10-9-21-7-3-4-8-24(21)32-17-23-18-33-20(2)27-23/h3-4,7-10,18-19,22H,5-6,11-17H2,1-2H3. The molecule has 0 saturated carbocycles. The lowest BCUT2D eigenvalue weighted by Gasteiger charge is -2.37. The first-order valence-electron chi connectivity index (χ1n) is 11.9. The number of hydrogen-bond donors (Lipinski definition) is 0. The van der Waals surface area contributed by atoms with Crippen molar-refractivity contribution in [1.29, 1.82) is 0 Å². The zero-order chi connectivity index (χ0) is 23.2. The van der Waals surface area contributed by atoms with Crippen LogP contribution in [0.5, 0.6) is 5.75 Å². The van der Waals surface area contributed by atoms with Gasteiger partial charge in [-0.05, 0) is 50.7 Å². The summed E-state index contributed by atoms with van der Waals surface area (Å²) in [4.78, 5) is 34.0. The molecular formula is C26H33N3O3S. The van der Waals surface area contributed by atoms with Crippen molar-refractivity contribution in [1.82, 2.24) is 14.8 Å². The number of thiazole rings is 1. The van der Waals surface area contributed by atoms with Gasteiger partial charge in [0.1, 0.15) is 12.4 Å². The van der Waals surface area contributed by atoms with E-state index in [4.69, 9.17) is 4.74 Å². The molecular weight excluding hydrogens is 434 g/mol. The molecule has 176 valence electrons. The van der Waals surface area contributed by atoms with Gasteiger partial charge in [-0.1, -0.05) is 25.1 Å². The van der Waals surface area contributed by atoms with Crippen molar-refractivity contribution >= 4 is 29.2 Å². The number of ether oxygens (including phenoxy) is 1. The van der Waals surface area contributed by atoms with Crippen LogP contribution in [0.3, 0.4) is 0 Å². The molecule has 33 heavy (non-hydrogen) atoms. The third-order valence-electron chi connectivity index (χ3n) is 6.49. The number of amides is 2. The van der Waals surface area contributed by atoms with Gasteiger partial charge in [0.15, 0.2) is 0 Å². The molecule has 3 heterocycles. The highest BCUT2D eigenvalue weighted by Gasteiger charge is 2.31. The van der Waals surface area contributed by atoms with E-state index in [0.29, 0.717) is 25.6 Å². The molecule has 1 aromatic carbocycles. The SMILES string of the molecule is Cc1nc(COc2ccccc2C=CC(=O)N2CCC(C(=O)N3CCCC(C)C3)CC2)cs1. The molecule has 1 aromatic heterocycles. The van der Waals surface area contributed by atoms with E-state index in [-0.39, 0.29) is 17.7 Å². The van der Waals surface area contributed by atoms with Gasteiger partial charge in [0.25, 0.3) is 0 Å². The fourth-order valence-electron chi connectivity index (χ4n) is 4.64. The number of likely N-dealkylation sites (tertiary alicyclic amines) is 2. The maximum absolute atomic E-state index is 12.9. The summed E-state index contributed by atoms with van der Waals surface area (Å²) in [7, 11) is 0. The summed E-state index contributed by atoms with van der Waals surface area (Å²) >= 11 is 1.60. The van der Waals surface area contributed by atoms with E-state index in [1.54, 1.807) is 17.4 Å². The minimum absolute atomic E-state index is 0.0163. The van der Waals surface area contributed by atoms with E-state index < -0.39 is 0 Å². The average molecular weight is 468 g/mol. The minimum atomic E-state index is -0.0163. The molecule has 0 radical (unpaired) electrons.